The van der Waals surface area contributed by atoms with E-state index in [1.165, 1.54) is 17.8 Å². The van der Waals surface area contributed by atoms with Gasteiger partial charge >= 0.3 is 0 Å². The number of carbonyl (C=O) groups excluding carboxylic acids is 1. The number of nitrogens with zero attached hydrogens (tertiary/aromatic N) is 3. The highest BCUT2D eigenvalue weighted by molar-refractivity contribution is 7.09. The predicted octanol–water partition coefficient (Wildman–Crippen LogP) is 1.08. The van der Waals surface area contributed by atoms with E-state index in [9.17, 15) is 4.79 Å². The Balaban J connectivity index is 1.33. The van der Waals surface area contributed by atoms with E-state index in [4.69, 9.17) is 14.5 Å². The maximum Gasteiger partial charge on any atom is 0.253 e. The highest BCUT2D eigenvalue weighted by Gasteiger charge is 2.32. The summed E-state index contributed by atoms with van der Waals surface area (Å²) in [7, 11) is 0. The summed E-state index contributed by atoms with van der Waals surface area (Å²) >= 11 is 1.78. The number of hydrogen-bond acceptors (Lipinski definition) is 6. The van der Waals surface area contributed by atoms with Crippen LogP contribution in [0, 0.1) is 0 Å². The zero-order valence-corrected chi connectivity index (χ0v) is 14.1. The number of amides is 1. The smallest absolute Gasteiger partial charge is 0.253 e. The van der Waals surface area contributed by atoms with Gasteiger partial charge in [-0.05, 0) is 12.8 Å². The van der Waals surface area contributed by atoms with E-state index in [0.717, 1.165) is 18.8 Å². The Morgan fingerprint density at radius 1 is 1.26 bits per heavy atom. The van der Waals surface area contributed by atoms with Crippen molar-refractivity contribution in [3.8, 4) is 0 Å². The van der Waals surface area contributed by atoms with Crippen LogP contribution in [0.2, 0.25) is 0 Å². The molecule has 3 fully saturated rings. The molecular formula is C16H23N3O3S. The molecule has 1 saturated carbocycles. The van der Waals surface area contributed by atoms with Crippen molar-refractivity contribution < 1.29 is 14.3 Å². The standard InChI is InChI=1S/C16H23N3O3S/c20-16(19-4-6-21-7-5-19)14-10-18(3-8-22-14)9-13-11-23-15(17-13)12-1-2-12/h11-12,14H,1-10H2. The van der Waals surface area contributed by atoms with Crippen LogP contribution in [0.3, 0.4) is 0 Å². The molecule has 6 nitrogen and oxygen atoms in total. The summed E-state index contributed by atoms with van der Waals surface area (Å²) in [5.41, 5.74) is 1.14. The molecule has 0 radical (unpaired) electrons. The van der Waals surface area contributed by atoms with Crippen LogP contribution in [0.15, 0.2) is 5.38 Å². The molecule has 0 bridgehead atoms. The molecule has 2 aliphatic heterocycles. The Morgan fingerprint density at radius 3 is 2.87 bits per heavy atom. The van der Waals surface area contributed by atoms with Crippen LogP contribution in [-0.4, -0.2) is 72.8 Å². The number of rotatable bonds is 4. The molecule has 1 aromatic heterocycles. The lowest BCUT2D eigenvalue weighted by atomic mass is 10.2. The normalized spacial score (nSPS) is 26.4. The average Bonchev–Trinajstić information content (AvgIpc) is 3.35. The van der Waals surface area contributed by atoms with Gasteiger partial charge in [0.15, 0.2) is 0 Å². The minimum Gasteiger partial charge on any atom is -0.378 e. The molecule has 23 heavy (non-hydrogen) atoms. The molecule has 1 aromatic rings. The quantitative estimate of drug-likeness (QED) is 0.823. The van der Waals surface area contributed by atoms with Gasteiger partial charge in [-0.1, -0.05) is 0 Å². The van der Waals surface area contributed by atoms with Gasteiger partial charge in [-0.3, -0.25) is 9.69 Å². The van der Waals surface area contributed by atoms with E-state index in [-0.39, 0.29) is 12.0 Å². The van der Waals surface area contributed by atoms with Crippen molar-refractivity contribution >= 4 is 17.2 Å². The highest BCUT2D eigenvalue weighted by atomic mass is 32.1. The first-order chi connectivity index (χ1) is 11.3. The third kappa shape index (κ3) is 3.74. The van der Waals surface area contributed by atoms with Crippen LogP contribution >= 0.6 is 11.3 Å². The van der Waals surface area contributed by atoms with Crippen LogP contribution in [0.25, 0.3) is 0 Å². The van der Waals surface area contributed by atoms with E-state index in [0.29, 0.717) is 45.4 Å². The van der Waals surface area contributed by atoms with E-state index < -0.39 is 0 Å². The van der Waals surface area contributed by atoms with Crippen LogP contribution in [0.4, 0.5) is 0 Å². The molecule has 0 aromatic carbocycles. The minimum absolute atomic E-state index is 0.106. The Kier molecular flexibility index (Phi) is 4.61. The lowest BCUT2D eigenvalue weighted by Crippen LogP contribution is -2.53. The molecule has 2 saturated heterocycles. The van der Waals surface area contributed by atoms with Crippen molar-refractivity contribution in [2.75, 3.05) is 46.0 Å². The molecule has 4 rings (SSSR count). The van der Waals surface area contributed by atoms with Gasteiger partial charge in [0.2, 0.25) is 0 Å². The number of aromatic nitrogens is 1. The maximum absolute atomic E-state index is 12.6. The van der Waals surface area contributed by atoms with Gasteiger partial charge < -0.3 is 14.4 Å². The molecule has 126 valence electrons. The molecule has 1 amide bonds. The molecule has 0 N–H and O–H groups in total. The Bertz CT molecular complexity index is 555. The van der Waals surface area contributed by atoms with E-state index >= 15 is 0 Å². The number of carbonyl (C=O) groups is 1. The fraction of sp³-hybridized carbons (Fsp3) is 0.750. The molecule has 0 spiro atoms. The van der Waals surface area contributed by atoms with Crippen molar-refractivity contribution in [3.05, 3.63) is 16.1 Å². The third-order valence-electron chi connectivity index (χ3n) is 4.63. The van der Waals surface area contributed by atoms with Crippen LogP contribution in [0.1, 0.15) is 29.5 Å². The molecule has 3 aliphatic rings. The van der Waals surface area contributed by atoms with Crippen molar-refractivity contribution in [1.29, 1.82) is 0 Å². The molecule has 7 heteroatoms. The first-order valence-electron chi connectivity index (χ1n) is 8.44. The Labute approximate surface area is 140 Å². The first kappa shape index (κ1) is 15.5. The minimum atomic E-state index is -0.344. The SMILES string of the molecule is O=C(C1CN(Cc2csc(C3CC3)n2)CCO1)N1CCOCC1. The van der Waals surface area contributed by atoms with Gasteiger partial charge in [0.25, 0.3) is 5.91 Å². The number of hydrogen-bond donors (Lipinski definition) is 0. The lowest BCUT2D eigenvalue weighted by Gasteiger charge is -2.35. The number of thiazole rings is 1. The third-order valence-corrected chi connectivity index (χ3v) is 5.69. The summed E-state index contributed by atoms with van der Waals surface area (Å²) < 4.78 is 11.0. The maximum atomic E-state index is 12.6. The molecule has 1 atom stereocenters. The highest BCUT2D eigenvalue weighted by Crippen LogP contribution is 2.41. The van der Waals surface area contributed by atoms with Crippen molar-refractivity contribution in [2.45, 2.75) is 31.4 Å². The van der Waals surface area contributed by atoms with Crippen molar-refractivity contribution in [2.24, 2.45) is 0 Å². The topological polar surface area (TPSA) is 54.9 Å². The van der Waals surface area contributed by atoms with E-state index in [1.54, 1.807) is 11.3 Å². The predicted molar refractivity (Wildman–Crippen MR) is 86.5 cm³/mol. The summed E-state index contributed by atoms with van der Waals surface area (Å²) in [6, 6.07) is 0. The van der Waals surface area contributed by atoms with Crippen molar-refractivity contribution in [3.63, 3.8) is 0 Å². The summed E-state index contributed by atoms with van der Waals surface area (Å²) in [5, 5.41) is 3.45. The van der Waals surface area contributed by atoms with Gasteiger partial charge in [0.05, 0.1) is 30.5 Å². The summed E-state index contributed by atoms with van der Waals surface area (Å²) in [6.45, 7) is 5.57. The second-order valence-electron chi connectivity index (χ2n) is 6.48. The van der Waals surface area contributed by atoms with Gasteiger partial charge in [0, 0.05) is 44.0 Å². The van der Waals surface area contributed by atoms with Gasteiger partial charge in [-0.25, -0.2) is 4.98 Å². The molecule has 1 aliphatic carbocycles. The molecule has 1 unspecified atom stereocenters. The van der Waals surface area contributed by atoms with E-state index in [2.05, 4.69) is 10.3 Å². The fourth-order valence-corrected chi connectivity index (χ4v) is 4.11. The number of morpholine rings is 2. The lowest BCUT2D eigenvalue weighted by molar-refractivity contribution is -0.153. The summed E-state index contributed by atoms with van der Waals surface area (Å²) in [4.78, 5) is 21.5. The van der Waals surface area contributed by atoms with Crippen LogP contribution < -0.4 is 0 Å². The monoisotopic (exact) mass is 337 g/mol. The summed E-state index contributed by atoms with van der Waals surface area (Å²) in [5.74, 6) is 0.823. The zero-order valence-electron chi connectivity index (χ0n) is 13.3. The van der Waals surface area contributed by atoms with Gasteiger partial charge in [-0.15, -0.1) is 11.3 Å². The van der Waals surface area contributed by atoms with Crippen LogP contribution in [0.5, 0.6) is 0 Å². The van der Waals surface area contributed by atoms with Gasteiger partial charge in [0.1, 0.15) is 6.10 Å². The zero-order chi connectivity index (χ0) is 15.6. The van der Waals surface area contributed by atoms with Crippen molar-refractivity contribution in [1.82, 2.24) is 14.8 Å². The molecule has 3 heterocycles. The second-order valence-corrected chi connectivity index (χ2v) is 7.37. The molecular weight excluding hydrogens is 314 g/mol. The average molecular weight is 337 g/mol. The largest absolute Gasteiger partial charge is 0.378 e. The Hall–Kier alpha value is -1.02. The number of ether oxygens (including phenoxy) is 2. The summed E-state index contributed by atoms with van der Waals surface area (Å²) in [6.07, 6.45) is 2.24. The Morgan fingerprint density at radius 2 is 2.09 bits per heavy atom. The second kappa shape index (κ2) is 6.84. The van der Waals surface area contributed by atoms with Crippen LogP contribution in [-0.2, 0) is 20.8 Å². The van der Waals surface area contributed by atoms with Gasteiger partial charge in [-0.2, -0.15) is 0 Å². The first-order valence-corrected chi connectivity index (χ1v) is 9.32. The fourth-order valence-electron chi connectivity index (χ4n) is 3.13. The van der Waals surface area contributed by atoms with E-state index in [1.807, 2.05) is 4.90 Å².